The monoisotopic (exact) mass is 285 g/mol. The summed E-state index contributed by atoms with van der Waals surface area (Å²) >= 11 is 3.52. The van der Waals surface area contributed by atoms with E-state index in [0.29, 0.717) is 12.2 Å². The van der Waals surface area contributed by atoms with E-state index in [-0.39, 0.29) is 6.10 Å². The molecule has 0 saturated carbocycles. The first-order chi connectivity index (χ1) is 7.59. The lowest BCUT2D eigenvalue weighted by molar-refractivity contribution is 0.154. The highest BCUT2D eigenvalue weighted by atomic mass is 79.9. The summed E-state index contributed by atoms with van der Waals surface area (Å²) in [5.74, 6) is 0.880. The second kappa shape index (κ2) is 4.59. The SMILES string of the molecule is Cc1c(N)cnc(N2CCCC(O)C2)c1Br. The third-order valence-corrected chi connectivity index (χ3v) is 3.93. The first kappa shape index (κ1) is 11.7. The standard InChI is InChI=1S/C11H16BrN3O/c1-7-9(13)5-14-11(10(7)12)15-4-2-3-8(16)6-15/h5,8,16H,2-4,6,13H2,1H3. The van der Waals surface area contributed by atoms with Gasteiger partial charge in [-0.3, -0.25) is 0 Å². The van der Waals surface area contributed by atoms with Crippen molar-refractivity contribution in [2.24, 2.45) is 0 Å². The van der Waals surface area contributed by atoms with Gasteiger partial charge < -0.3 is 15.7 Å². The highest BCUT2D eigenvalue weighted by Gasteiger charge is 2.21. The molecule has 2 heterocycles. The van der Waals surface area contributed by atoms with Gasteiger partial charge in [0.2, 0.25) is 0 Å². The molecule has 1 aromatic rings. The Morgan fingerprint density at radius 2 is 2.38 bits per heavy atom. The minimum atomic E-state index is -0.250. The number of anilines is 2. The molecular formula is C11H16BrN3O. The van der Waals surface area contributed by atoms with Crippen molar-refractivity contribution in [2.45, 2.75) is 25.9 Å². The van der Waals surface area contributed by atoms with Crippen LogP contribution < -0.4 is 10.6 Å². The lowest BCUT2D eigenvalue weighted by atomic mass is 10.1. The fourth-order valence-electron chi connectivity index (χ4n) is 1.95. The number of hydrogen-bond acceptors (Lipinski definition) is 4. The molecule has 16 heavy (non-hydrogen) atoms. The molecule has 4 nitrogen and oxygen atoms in total. The molecule has 1 unspecified atom stereocenters. The summed E-state index contributed by atoms with van der Waals surface area (Å²) in [7, 11) is 0. The number of rotatable bonds is 1. The van der Waals surface area contributed by atoms with Crippen LogP contribution in [-0.4, -0.2) is 29.3 Å². The predicted molar refractivity (Wildman–Crippen MR) is 68.5 cm³/mol. The summed E-state index contributed by atoms with van der Waals surface area (Å²) in [5.41, 5.74) is 7.48. The van der Waals surface area contributed by atoms with Gasteiger partial charge in [-0.15, -0.1) is 0 Å². The summed E-state index contributed by atoms with van der Waals surface area (Å²) in [4.78, 5) is 6.44. The second-order valence-corrected chi connectivity index (χ2v) is 5.01. The smallest absolute Gasteiger partial charge is 0.143 e. The summed E-state index contributed by atoms with van der Waals surface area (Å²) in [6, 6.07) is 0. The Kier molecular flexibility index (Phi) is 3.35. The van der Waals surface area contributed by atoms with Gasteiger partial charge >= 0.3 is 0 Å². The van der Waals surface area contributed by atoms with E-state index in [1.54, 1.807) is 6.20 Å². The van der Waals surface area contributed by atoms with Gasteiger partial charge in [0, 0.05) is 13.1 Å². The summed E-state index contributed by atoms with van der Waals surface area (Å²) in [5, 5.41) is 9.65. The van der Waals surface area contributed by atoms with E-state index in [2.05, 4.69) is 25.8 Å². The number of nitrogens with two attached hydrogens (primary N) is 1. The number of nitrogen functional groups attached to an aromatic ring is 1. The van der Waals surface area contributed by atoms with Gasteiger partial charge in [0.1, 0.15) is 5.82 Å². The minimum Gasteiger partial charge on any atom is -0.397 e. The number of aliphatic hydroxyl groups excluding tert-OH is 1. The molecule has 5 heteroatoms. The van der Waals surface area contributed by atoms with Crippen LogP contribution in [0.5, 0.6) is 0 Å². The Hall–Kier alpha value is -0.810. The van der Waals surface area contributed by atoms with E-state index in [4.69, 9.17) is 5.73 Å². The lowest BCUT2D eigenvalue weighted by Gasteiger charge is -2.32. The molecule has 0 aliphatic carbocycles. The number of hydrogen-bond donors (Lipinski definition) is 2. The van der Waals surface area contributed by atoms with Crippen LogP contribution in [0.3, 0.4) is 0 Å². The quantitative estimate of drug-likeness (QED) is 0.824. The molecule has 1 aromatic heterocycles. The van der Waals surface area contributed by atoms with Crippen LogP contribution in [0.25, 0.3) is 0 Å². The molecule has 3 N–H and O–H groups in total. The van der Waals surface area contributed by atoms with Crippen LogP contribution in [-0.2, 0) is 0 Å². The van der Waals surface area contributed by atoms with Gasteiger partial charge in [-0.2, -0.15) is 0 Å². The van der Waals surface area contributed by atoms with Crippen molar-refractivity contribution >= 4 is 27.4 Å². The molecule has 88 valence electrons. The number of pyridine rings is 1. The van der Waals surface area contributed by atoms with Gasteiger partial charge in [-0.25, -0.2) is 4.98 Å². The average Bonchev–Trinajstić information content (AvgIpc) is 2.26. The maximum Gasteiger partial charge on any atom is 0.143 e. The molecule has 1 aliphatic rings. The summed E-state index contributed by atoms with van der Waals surface area (Å²) in [6.07, 6.45) is 3.30. The van der Waals surface area contributed by atoms with E-state index in [9.17, 15) is 5.11 Å². The number of aliphatic hydroxyl groups is 1. The zero-order valence-electron chi connectivity index (χ0n) is 9.28. The van der Waals surface area contributed by atoms with E-state index in [0.717, 1.165) is 35.2 Å². The van der Waals surface area contributed by atoms with Crippen LogP contribution in [0.15, 0.2) is 10.7 Å². The molecule has 0 aromatic carbocycles. The van der Waals surface area contributed by atoms with Gasteiger partial charge in [0.15, 0.2) is 0 Å². The van der Waals surface area contributed by atoms with Crippen LogP contribution in [0, 0.1) is 6.92 Å². The van der Waals surface area contributed by atoms with Crippen LogP contribution in [0.1, 0.15) is 18.4 Å². The average molecular weight is 286 g/mol. The first-order valence-electron chi connectivity index (χ1n) is 5.43. The number of β-amino-alcohol motifs (C(OH)–C–C–N with tert-alkyl or cyclic N) is 1. The van der Waals surface area contributed by atoms with Crippen LogP contribution in [0.4, 0.5) is 11.5 Å². The maximum atomic E-state index is 9.65. The van der Waals surface area contributed by atoms with Crippen molar-refractivity contribution in [3.63, 3.8) is 0 Å². The van der Waals surface area contributed by atoms with Crippen LogP contribution in [0.2, 0.25) is 0 Å². The molecule has 0 spiro atoms. The van der Waals surface area contributed by atoms with Crippen molar-refractivity contribution in [3.8, 4) is 0 Å². The Morgan fingerprint density at radius 1 is 1.62 bits per heavy atom. The van der Waals surface area contributed by atoms with Crippen molar-refractivity contribution in [1.82, 2.24) is 4.98 Å². The van der Waals surface area contributed by atoms with Crippen LogP contribution >= 0.6 is 15.9 Å². The Bertz CT molecular complexity index is 397. The summed E-state index contributed by atoms with van der Waals surface area (Å²) in [6.45, 7) is 3.55. The van der Waals surface area contributed by atoms with E-state index < -0.39 is 0 Å². The molecule has 1 aliphatic heterocycles. The molecule has 1 atom stereocenters. The maximum absolute atomic E-state index is 9.65. The lowest BCUT2D eigenvalue weighted by Crippen LogP contribution is -2.39. The van der Waals surface area contributed by atoms with E-state index in [1.165, 1.54) is 0 Å². The molecule has 0 amide bonds. The highest BCUT2D eigenvalue weighted by molar-refractivity contribution is 9.10. The van der Waals surface area contributed by atoms with Crippen molar-refractivity contribution < 1.29 is 5.11 Å². The zero-order valence-corrected chi connectivity index (χ0v) is 10.9. The van der Waals surface area contributed by atoms with Crippen molar-refractivity contribution in [3.05, 3.63) is 16.2 Å². The first-order valence-corrected chi connectivity index (χ1v) is 6.22. The Morgan fingerprint density at radius 3 is 3.06 bits per heavy atom. The topological polar surface area (TPSA) is 62.4 Å². The minimum absolute atomic E-state index is 0.250. The Balaban J connectivity index is 2.29. The van der Waals surface area contributed by atoms with Gasteiger partial charge in [-0.1, -0.05) is 0 Å². The fraction of sp³-hybridized carbons (Fsp3) is 0.545. The predicted octanol–water partition coefficient (Wildman–Crippen LogP) is 1.70. The molecular weight excluding hydrogens is 270 g/mol. The third-order valence-electron chi connectivity index (χ3n) is 2.98. The number of halogens is 1. The van der Waals surface area contributed by atoms with Gasteiger partial charge in [-0.05, 0) is 41.3 Å². The normalized spacial score (nSPS) is 21.2. The Labute approximate surface area is 104 Å². The van der Waals surface area contributed by atoms with Crippen molar-refractivity contribution in [1.29, 1.82) is 0 Å². The van der Waals surface area contributed by atoms with E-state index >= 15 is 0 Å². The third kappa shape index (κ3) is 2.15. The van der Waals surface area contributed by atoms with Crippen molar-refractivity contribution in [2.75, 3.05) is 23.7 Å². The summed E-state index contributed by atoms with van der Waals surface area (Å²) < 4.78 is 0.932. The van der Waals surface area contributed by atoms with Gasteiger partial charge in [0.25, 0.3) is 0 Å². The highest BCUT2D eigenvalue weighted by Crippen LogP contribution is 2.31. The number of piperidine rings is 1. The second-order valence-electron chi connectivity index (χ2n) is 4.22. The molecule has 1 saturated heterocycles. The molecule has 0 radical (unpaired) electrons. The number of nitrogens with zero attached hydrogens (tertiary/aromatic N) is 2. The van der Waals surface area contributed by atoms with Gasteiger partial charge in [0.05, 0.1) is 22.5 Å². The molecule has 1 fully saturated rings. The van der Waals surface area contributed by atoms with E-state index in [1.807, 2.05) is 6.92 Å². The zero-order chi connectivity index (χ0) is 11.7. The fourth-order valence-corrected chi connectivity index (χ4v) is 2.53. The number of aromatic nitrogens is 1. The largest absolute Gasteiger partial charge is 0.397 e. The molecule has 0 bridgehead atoms. The molecule has 2 rings (SSSR count).